The molecule has 0 fully saturated rings. The number of aromatic nitrogens is 2. The summed E-state index contributed by atoms with van der Waals surface area (Å²) in [6.45, 7) is 1.57. The van der Waals surface area contributed by atoms with Crippen molar-refractivity contribution in [2.75, 3.05) is 0 Å². The van der Waals surface area contributed by atoms with E-state index >= 15 is 0 Å². The summed E-state index contributed by atoms with van der Waals surface area (Å²) >= 11 is 11.9. The van der Waals surface area contributed by atoms with Gasteiger partial charge < -0.3 is 5.11 Å². The van der Waals surface area contributed by atoms with Crippen molar-refractivity contribution in [1.82, 2.24) is 9.55 Å². The Hall–Kier alpha value is -1.88. The minimum Gasteiger partial charge on any atom is -0.385 e. The van der Waals surface area contributed by atoms with Gasteiger partial charge in [-0.3, -0.25) is 9.36 Å². The van der Waals surface area contributed by atoms with E-state index in [-0.39, 0.29) is 11.7 Å². The third-order valence-electron chi connectivity index (χ3n) is 3.33. The smallest absolute Gasteiger partial charge is 0.263 e. The Morgan fingerprint density at radius 2 is 1.91 bits per heavy atom. The van der Waals surface area contributed by atoms with E-state index < -0.39 is 6.10 Å². The molecule has 1 atom stereocenters. The van der Waals surface area contributed by atoms with Gasteiger partial charge in [0.25, 0.3) is 5.91 Å². The maximum atomic E-state index is 12.8. The van der Waals surface area contributed by atoms with Crippen LogP contribution in [-0.4, -0.2) is 20.6 Å². The van der Waals surface area contributed by atoms with Gasteiger partial charge in [-0.1, -0.05) is 35.3 Å². The van der Waals surface area contributed by atoms with Gasteiger partial charge in [0.05, 0.1) is 21.1 Å². The zero-order valence-corrected chi connectivity index (χ0v) is 13.1. The van der Waals surface area contributed by atoms with Crippen molar-refractivity contribution in [3.63, 3.8) is 0 Å². The van der Waals surface area contributed by atoms with Gasteiger partial charge >= 0.3 is 0 Å². The lowest BCUT2D eigenvalue weighted by atomic mass is 10.2. The number of imidazole rings is 1. The monoisotopic (exact) mass is 334 g/mol. The van der Waals surface area contributed by atoms with Crippen LogP contribution in [0.15, 0.2) is 42.5 Å². The number of fused-ring (bicyclic) bond motifs is 1. The van der Waals surface area contributed by atoms with Crippen LogP contribution in [0.25, 0.3) is 11.0 Å². The number of carbonyl (C=O) groups excluding carboxylic acids is 1. The molecule has 3 aromatic rings. The predicted octanol–water partition coefficient (Wildman–Crippen LogP) is 4.08. The van der Waals surface area contributed by atoms with Crippen LogP contribution in [-0.2, 0) is 0 Å². The standard InChI is InChI=1S/C16H12Cl2N2O2/c1-9(21)15-19-13-4-2-3-5-14(13)20(15)16(22)10-6-7-11(17)12(18)8-10/h2-9,21H,1H3/t9-/m1/s1. The first-order valence-corrected chi connectivity index (χ1v) is 7.40. The van der Waals surface area contributed by atoms with Crippen LogP contribution in [0, 0.1) is 0 Å². The summed E-state index contributed by atoms with van der Waals surface area (Å²) in [7, 11) is 0. The summed E-state index contributed by atoms with van der Waals surface area (Å²) < 4.78 is 1.40. The topological polar surface area (TPSA) is 55.1 Å². The molecule has 3 rings (SSSR count). The Morgan fingerprint density at radius 1 is 1.18 bits per heavy atom. The molecule has 0 saturated heterocycles. The largest absolute Gasteiger partial charge is 0.385 e. The Kier molecular flexibility index (Phi) is 3.91. The minimum absolute atomic E-state index is 0.289. The summed E-state index contributed by atoms with van der Waals surface area (Å²) in [6, 6.07) is 11.9. The third kappa shape index (κ3) is 2.50. The van der Waals surface area contributed by atoms with E-state index in [1.165, 1.54) is 10.6 Å². The Bertz CT molecular complexity index is 872. The number of carbonyl (C=O) groups is 1. The average molecular weight is 335 g/mol. The molecule has 1 N–H and O–H groups in total. The molecule has 112 valence electrons. The van der Waals surface area contributed by atoms with Crippen LogP contribution < -0.4 is 0 Å². The number of para-hydroxylation sites is 2. The van der Waals surface area contributed by atoms with Gasteiger partial charge in [-0.05, 0) is 37.3 Å². The van der Waals surface area contributed by atoms with Gasteiger partial charge in [0.2, 0.25) is 0 Å². The number of hydrogen-bond donors (Lipinski definition) is 1. The van der Waals surface area contributed by atoms with Gasteiger partial charge in [0.15, 0.2) is 0 Å². The van der Waals surface area contributed by atoms with Crippen LogP contribution in [0.5, 0.6) is 0 Å². The molecule has 1 heterocycles. The molecule has 0 saturated carbocycles. The number of aliphatic hydroxyl groups is 1. The zero-order valence-electron chi connectivity index (χ0n) is 11.6. The number of rotatable bonds is 2. The molecule has 0 aliphatic heterocycles. The van der Waals surface area contributed by atoms with Gasteiger partial charge in [0.1, 0.15) is 11.9 Å². The lowest BCUT2D eigenvalue weighted by Gasteiger charge is -2.10. The first kappa shape index (κ1) is 15.0. The first-order valence-electron chi connectivity index (χ1n) is 6.64. The summed E-state index contributed by atoms with van der Waals surface area (Å²) in [6.07, 6.45) is -0.876. The van der Waals surface area contributed by atoms with Crippen molar-refractivity contribution in [2.24, 2.45) is 0 Å². The van der Waals surface area contributed by atoms with Crippen LogP contribution in [0.4, 0.5) is 0 Å². The second-order valence-electron chi connectivity index (χ2n) is 4.90. The zero-order chi connectivity index (χ0) is 15.9. The highest BCUT2D eigenvalue weighted by Gasteiger charge is 2.21. The molecule has 0 aliphatic rings. The SMILES string of the molecule is C[C@@H](O)c1nc2ccccc2n1C(=O)c1ccc(Cl)c(Cl)c1. The Balaban J connectivity index is 2.21. The van der Waals surface area contributed by atoms with E-state index in [0.29, 0.717) is 26.6 Å². The van der Waals surface area contributed by atoms with E-state index in [9.17, 15) is 9.90 Å². The summed E-state index contributed by atoms with van der Waals surface area (Å²) in [4.78, 5) is 17.2. The summed E-state index contributed by atoms with van der Waals surface area (Å²) in [5.41, 5.74) is 1.65. The summed E-state index contributed by atoms with van der Waals surface area (Å²) in [5, 5.41) is 10.6. The van der Waals surface area contributed by atoms with Crippen molar-refractivity contribution in [2.45, 2.75) is 13.0 Å². The Labute approximate surface area is 136 Å². The van der Waals surface area contributed by atoms with Crippen molar-refractivity contribution in [1.29, 1.82) is 0 Å². The highest BCUT2D eigenvalue weighted by molar-refractivity contribution is 6.42. The van der Waals surface area contributed by atoms with E-state index in [4.69, 9.17) is 23.2 Å². The van der Waals surface area contributed by atoms with E-state index in [0.717, 1.165) is 0 Å². The van der Waals surface area contributed by atoms with Crippen molar-refractivity contribution < 1.29 is 9.90 Å². The predicted molar refractivity (Wildman–Crippen MR) is 86.6 cm³/mol. The van der Waals surface area contributed by atoms with Gasteiger partial charge in [-0.2, -0.15) is 0 Å². The molecule has 22 heavy (non-hydrogen) atoms. The van der Waals surface area contributed by atoms with Crippen molar-refractivity contribution >= 4 is 40.1 Å². The molecule has 0 aliphatic carbocycles. The van der Waals surface area contributed by atoms with Crippen LogP contribution in [0.3, 0.4) is 0 Å². The molecule has 0 radical (unpaired) electrons. The number of halogens is 2. The average Bonchev–Trinajstić information content (AvgIpc) is 2.89. The number of hydrogen-bond acceptors (Lipinski definition) is 3. The second-order valence-corrected chi connectivity index (χ2v) is 5.72. The van der Waals surface area contributed by atoms with Gasteiger partial charge in [-0.25, -0.2) is 4.98 Å². The fraction of sp³-hybridized carbons (Fsp3) is 0.125. The van der Waals surface area contributed by atoms with Crippen molar-refractivity contribution in [3.8, 4) is 0 Å². The second kappa shape index (κ2) is 5.72. The highest BCUT2D eigenvalue weighted by Crippen LogP contribution is 2.26. The normalized spacial score (nSPS) is 12.5. The van der Waals surface area contributed by atoms with Gasteiger partial charge in [-0.15, -0.1) is 0 Å². The first-order chi connectivity index (χ1) is 10.5. The third-order valence-corrected chi connectivity index (χ3v) is 4.07. The summed E-state index contributed by atoms with van der Waals surface area (Å²) in [5.74, 6) is -0.0274. The van der Waals surface area contributed by atoms with Crippen molar-refractivity contribution in [3.05, 3.63) is 63.9 Å². The fourth-order valence-electron chi connectivity index (χ4n) is 2.30. The molecule has 6 heteroatoms. The fourth-order valence-corrected chi connectivity index (χ4v) is 2.59. The van der Waals surface area contributed by atoms with E-state index in [1.807, 2.05) is 12.1 Å². The van der Waals surface area contributed by atoms with Crippen LogP contribution >= 0.6 is 23.2 Å². The quantitative estimate of drug-likeness (QED) is 0.768. The van der Waals surface area contributed by atoms with Crippen LogP contribution in [0.1, 0.15) is 29.2 Å². The Morgan fingerprint density at radius 3 is 2.59 bits per heavy atom. The maximum absolute atomic E-state index is 12.8. The number of nitrogens with zero attached hydrogens (tertiary/aromatic N) is 2. The van der Waals surface area contributed by atoms with E-state index in [2.05, 4.69) is 4.98 Å². The molecule has 1 aromatic heterocycles. The molecule has 0 bridgehead atoms. The number of aliphatic hydroxyl groups excluding tert-OH is 1. The molecule has 2 aromatic carbocycles. The lowest BCUT2D eigenvalue weighted by molar-refractivity contribution is 0.0944. The lowest BCUT2D eigenvalue weighted by Crippen LogP contribution is -2.16. The molecular weight excluding hydrogens is 323 g/mol. The molecule has 0 amide bonds. The maximum Gasteiger partial charge on any atom is 0.263 e. The molecule has 4 nitrogen and oxygen atoms in total. The highest BCUT2D eigenvalue weighted by atomic mass is 35.5. The van der Waals surface area contributed by atoms with Crippen LogP contribution in [0.2, 0.25) is 10.0 Å². The van der Waals surface area contributed by atoms with Gasteiger partial charge in [0, 0.05) is 5.56 Å². The molecule has 0 unspecified atom stereocenters. The van der Waals surface area contributed by atoms with E-state index in [1.54, 1.807) is 31.2 Å². The minimum atomic E-state index is -0.876. The molecular formula is C16H12Cl2N2O2. The number of benzene rings is 2. The molecule has 0 spiro atoms.